The van der Waals surface area contributed by atoms with Crippen LogP contribution in [0.3, 0.4) is 0 Å². The average Bonchev–Trinajstić information content (AvgIpc) is 3.02. The van der Waals surface area contributed by atoms with E-state index in [0.717, 1.165) is 39.8 Å². The first-order valence-electron chi connectivity index (χ1n) is 10.4. The first-order chi connectivity index (χ1) is 14.9. The van der Waals surface area contributed by atoms with Gasteiger partial charge in [0, 0.05) is 36.8 Å². The Morgan fingerprint density at radius 3 is 2.55 bits per heavy atom. The first kappa shape index (κ1) is 21.1. The number of likely N-dealkylation sites (N-methyl/N-ethyl adjacent to an activating group) is 1. The van der Waals surface area contributed by atoms with Crippen LogP contribution >= 0.6 is 0 Å². The van der Waals surface area contributed by atoms with Crippen LogP contribution in [-0.4, -0.2) is 56.5 Å². The molecule has 0 aliphatic carbocycles. The Kier molecular flexibility index (Phi) is 5.84. The maximum Gasteiger partial charge on any atom is 0.330 e. The highest BCUT2D eigenvalue weighted by Gasteiger charge is 2.18. The zero-order chi connectivity index (χ0) is 22.1. The van der Waals surface area contributed by atoms with Crippen LogP contribution in [0.1, 0.15) is 25.6 Å². The second kappa shape index (κ2) is 8.56. The zero-order valence-electron chi connectivity index (χ0n) is 18.7. The molecule has 0 saturated carbocycles. The van der Waals surface area contributed by atoms with Gasteiger partial charge in [-0.3, -0.25) is 14.1 Å². The van der Waals surface area contributed by atoms with Crippen molar-refractivity contribution in [2.24, 2.45) is 7.05 Å². The molecule has 0 saturated heterocycles. The van der Waals surface area contributed by atoms with Gasteiger partial charge < -0.3 is 9.64 Å². The SMILES string of the molecule is CC(C)n1c(=O)n(C)c2nnc3ccc(-c4ccc(COCCN(C)C)nc4)cc3c21. The minimum absolute atomic E-state index is 0.0145. The number of rotatable bonds is 7. The summed E-state index contributed by atoms with van der Waals surface area (Å²) in [5.41, 5.74) is 4.99. The summed E-state index contributed by atoms with van der Waals surface area (Å²) in [6.07, 6.45) is 1.86. The summed E-state index contributed by atoms with van der Waals surface area (Å²) in [4.78, 5) is 19.4. The molecule has 3 aromatic heterocycles. The molecule has 4 rings (SSSR count). The predicted octanol–water partition coefficient (Wildman–Crippen LogP) is 3.00. The van der Waals surface area contributed by atoms with E-state index in [1.54, 1.807) is 16.2 Å². The predicted molar refractivity (Wildman–Crippen MR) is 122 cm³/mol. The summed E-state index contributed by atoms with van der Waals surface area (Å²) in [7, 11) is 5.78. The molecule has 162 valence electrons. The number of imidazole rings is 1. The van der Waals surface area contributed by atoms with Crippen LogP contribution in [0.4, 0.5) is 0 Å². The fraction of sp³-hybridized carbons (Fsp3) is 0.391. The molecule has 31 heavy (non-hydrogen) atoms. The van der Waals surface area contributed by atoms with E-state index in [-0.39, 0.29) is 11.7 Å². The number of ether oxygens (including phenoxy) is 1. The van der Waals surface area contributed by atoms with Gasteiger partial charge in [0.25, 0.3) is 0 Å². The Labute approximate surface area is 181 Å². The number of pyridine rings is 1. The molecule has 4 aromatic rings. The van der Waals surface area contributed by atoms with Gasteiger partial charge in [0.2, 0.25) is 0 Å². The van der Waals surface area contributed by atoms with E-state index in [0.29, 0.717) is 18.9 Å². The Bertz CT molecular complexity index is 1270. The monoisotopic (exact) mass is 420 g/mol. The van der Waals surface area contributed by atoms with E-state index in [1.807, 2.05) is 58.4 Å². The molecule has 0 amide bonds. The third kappa shape index (κ3) is 4.08. The number of nitrogens with zero attached hydrogens (tertiary/aromatic N) is 6. The molecule has 0 radical (unpaired) electrons. The second-order valence-corrected chi connectivity index (χ2v) is 8.30. The van der Waals surface area contributed by atoms with E-state index in [1.165, 1.54) is 0 Å². The maximum atomic E-state index is 12.7. The van der Waals surface area contributed by atoms with Gasteiger partial charge in [-0.05, 0) is 51.7 Å². The van der Waals surface area contributed by atoms with E-state index < -0.39 is 0 Å². The third-order valence-electron chi connectivity index (χ3n) is 5.37. The van der Waals surface area contributed by atoms with Crippen LogP contribution in [0.2, 0.25) is 0 Å². The standard InChI is InChI=1S/C23H28N6O2/c1-15(2)29-21-19-12-16(7-9-20(19)25-26-22(21)28(5)23(29)30)17-6-8-18(24-13-17)14-31-11-10-27(3)4/h6-9,12-13,15H,10-11,14H2,1-5H3. The van der Waals surface area contributed by atoms with Gasteiger partial charge in [0.1, 0.15) is 5.52 Å². The highest BCUT2D eigenvalue weighted by Crippen LogP contribution is 2.28. The van der Waals surface area contributed by atoms with Gasteiger partial charge in [-0.2, -0.15) is 0 Å². The summed E-state index contributed by atoms with van der Waals surface area (Å²) in [5.74, 6) is 0. The van der Waals surface area contributed by atoms with Crippen molar-refractivity contribution < 1.29 is 4.74 Å². The highest BCUT2D eigenvalue weighted by atomic mass is 16.5. The fourth-order valence-corrected chi connectivity index (χ4v) is 3.66. The number of aromatic nitrogens is 5. The number of aryl methyl sites for hydroxylation is 1. The molecule has 0 unspecified atom stereocenters. The van der Waals surface area contributed by atoms with Crippen molar-refractivity contribution in [1.29, 1.82) is 0 Å². The largest absolute Gasteiger partial charge is 0.374 e. The van der Waals surface area contributed by atoms with Crippen LogP contribution in [0.25, 0.3) is 33.2 Å². The molecule has 0 bridgehead atoms. The smallest absolute Gasteiger partial charge is 0.330 e. The molecule has 1 aromatic carbocycles. The molecule has 8 nitrogen and oxygen atoms in total. The molecule has 0 aliphatic heterocycles. The molecule has 3 heterocycles. The summed E-state index contributed by atoms with van der Waals surface area (Å²) < 4.78 is 9.01. The highest BCUT2D eigenvalue weighted by molar-refractivity contribution is 6.02. The normalized spacial score (nSPS) is 12.0. The lowest BCUT2D eigenvalue weighted by Crippen LogP contribution is -2.23. The Morgan fingerprint density at radius 1 is 1.10 bits per heavy atom. The summed E-state index contributed by atoms with van der Waals surface area (Å²) in [6.45, 7) is 6.05. The molecular weight excluding hydrogens is 392 g/mol. The van der Waals surface area contributed by atoms with Crippen molar-refractivity contribution in [1.82, 2.24) is 29.2 Å². The van der Waals surface area contributed by atoms with Crippen LogP contribution in [0, 0.1) is 0 Å². The summed E-state index contributed by atoms with van der Waals surface area (Å²) >= 11 is 0. The molecule has 0 fully saturated rings. The molecule has 0 atom stereocenters. The van der Waals surface area contributed by atoms with Gasteiger partial charge in [0.05, 0.1) is 24.4 Å². The Balaban J connectivity index is 1.70. The van der Waals surface area contributed by atoms with E-state index in [2.05, 4.69) is 26.1 Å². The summed E-state index contributed by atoms with van der Waals surface area (Å²) in [6, 6.07) is 10.1. The number of fused-ring (bicyclic) bond motifs is 3. The van der Waals surface area contributed by atoms with E-state index >= 15 is 0 Å². The van der Waals surface area contributed by atoms with Crippen molar-refractivity contribution in [3.63, 3.8) is 0 Å². The minimum atomic E-state index is -0.0857. The number of benzene rings is 1. The molecule has 0 spiro atoms. The number of hydrogen-bond acceptors (Lipinski definition) is 6. The van der Waals surface area contributed by atoms with Gasteiger partial charge >= 0.3 is 5.69 Å². The lowest BCUT2D eigenvalue weighted by molar-refractivity contribution is 0.103. The topological polar surface area (TPSA) is 78.1 Å². The molecule has 8 heteroatoms. The van der Waals surface area contributed by atoms with Crippen LogP contribution < -0.4 is 5.69 Å². The van der Waals surface area contributed by atoms with Gasteiger partial charge in [-0.1, -0.05) is 12.1 Å². The quantitative estimate of drug-likeness (QED) is 0.428. The molecular formula is C23H28N6O2. The van der Waals surface area contributed by atoms with Gasteiger partial charge in [0.15, 0.2) is 5.65 Å². The van der Waals surface area contributed by atoms with Gasteiger partial charge in [-0.25, -0.2) is 4.79 Å². The van der Waals surface area contributed by atoms with Crippen LogP contribution in [-0.2, 0) is 18.4 Å². The van der Waals surface area contributed by atoms with Crippen LogP contribution in [0.15, 0.2) is 41.3 Å². The lowest BCUT2D eigenvalue weighted by Gasteiger charge is -2.10. The van der Waals surface area contributed by atoms with Crippen LogP contribution in [0.5, 0.6) is 0 Å². The van der Waals surface area contributed by atoms with Crippen molar-refractivity contribution in [3.8, 4) is 11.1 Å². The second-order valence-electron chi connectivity index (χ2n) is 8.30. The Hall–Kier alpha value is -3.10. The van der Waals surface area contributed by atoms with Crippen molar-refractivity contribution in [2.75, 3.05) is 27.2 Å². The van der Waals surface area contributed by atoms with Crippen molar-refractivity contribution in [3.05, 3.63) is 52.7 Å². The minimum Gasteiger partial charge on any atom is -0.374 e. The number of hydrogen-bond donors (Lipinski definition) is 0. The van der Waals surface area contributed by atoms with Crippen molar-refractivity contribution in [2.45, 2.75) is 26.5 Å². The lowest BCUT2D eigenvalue weighted by atomic mass is 10.0. The first-order valence-corrected chi connectivity index (χ1v) is 10.4. The van der Waals surface area contributed by atoms with Crippen molar-refractivity contribution >= 4 is 22.1 Å². The molecule has 0 N–H and O–H groups in total. The average molecular weight is 421 g/mol. The van der Waals surface area contributed by atoms with Gasteiger partial charge in [-0.15, -0.1) is 10.2 Å². The molecule has 0 aliphatic rings. The third-order valence-corrected chi connectivity index (χ3v) is 5.37. The Morgan fingerprint density at radius 2 is 1.87 bits per heavy atom. The summed E-state index contributed by atoms with van der Waals surface area (Å²) in [5, 5.41) is 9.53. The van der Waals surface area contributed by atoms with E-state index in [4.69, 9.17) is 4.74 Å². The fourth-order valence-electron chi connectivity index (χ4n) is 3.66. The van der Waals surface area contributed by atoms with E-state index in [9.17, 15) is 4.79 Å². The zero-order valence-corrected chi connectivity index (χ0v) is 18.7. The maximum absolute atomic E-state index is 12.7.